The average Bonchev–Trinajstić information content (AvgIpc) is 2.56. The van der Waals surface area contributed by atoms with Crippen LogP contribution in [-0.2, 0) is 6.42 Å². The molecule has 1 atom stereocenters. The van der Waals surface area contributed by atoms with Crippen LogP contribution in [-0.4, -0.2) is 43.2 Å². The fourth-order valence-electron chi connectivity index (χ4n) is 3.37. The lowest BCUT2D eigenvalue weighted by atomic mass is 9.88. The van der Waals surface area contributed by atoms with Crippen molar-refractivity contribution in [1.29, 1.82) is 0 Å². The van der Waals surface area contributed by atoms with Crippen molar-refractivity contribution >= 4 is 10.8 Å². The summed E-state index contributed by atoms with van der Waals surface area (Å²) in [6, 6.07) is 15.2. The van der Waals surface area contributed by atoms with Crippen LogP contribution >= 0.6 is 0 Å². The summed E-state index contributed by atoms with van der Waals surface area (Å²) in [6.45, 7) is 7.28. The molecule has 0 spiro atoms. The zero-order chi connectivity index (χ0) is 14.7. The van der Waals surface area contributed by atoms with Gasteiger partial charge in [0.05, 0.1) is 0 Å². The van der Waals surface area contributed by atoms with E-state index in [2.05, 4.69) is 59.6 Å². The minimum atomic E-state index is 0.0340. The number of benzene rings is 2. The van der Waals surface area contributed by atoms with Gasteiger partial charge in [-0.15, -0.1) is 0 Å². The molecule has 1 aliphatic heterocycles. The van der Waals surface area contributed by atoms with Crippen LogP contribution < -0.4 is 11.1 Å². The number of nitrogens with zero attached hydrogens (tertiary/aromatic N) is 1. The highest BCUT2D eigenvalue weighted by molar-refractivity contribution is 5.85. The lowest BCUT2D eigenvalue weighted by Gasteiger charge is -2.43. The Kier molecular flexibility index (Phi) is 4.24. The molecule has 0 amide bonds. The Labute approximate surface area is 127 Å². The van der Waals surface area contributed by atoms with Gasteiger partial charge in [0.25, 0.3) is 0 Å². The van der Waals surface area contributed by atoms with E-state index in [1.54, 1.807) is 0 Å². The van der Waals surface area contributed by atoms with Gasteiger partial charge in [-0.05, 0) is 29.7 Å². The molecule has 1 aliphatic rings. The van der Waals surface area contributed by atoms with Crippen molar-refractivity contribution in [2.75, 3.05) is 32.7 Å². The third kappa shape index (κ3) is 2.95. The molecule has 3 nitrogen and oxygen atoms in total. The Bertz CT molecular complexity index is 599. The first-order chi connectivity index (χ1) is 10.2. The predicted molar refractivity (Wildman–Crippen MR) is 89.6 cm³/mol. The van der Waals surface area contributed by atoms with Crippen molar-refractivity contribution in [2.45, 2.75) is 18.9 Å². The number of rotatable bonds is 4. The first-order valence-corrected chi connectivity index (χ1v) is 7.85. The molecule has 3 N–H and O–H groups in total. The average molecular weight is 283 g/mol. The number of nitrogens with one attached hydrogen (secondary N) is 1. The summed E-state index contributed by atoms with van der Waals surface area (Å²) in [7, 11) is 0. The fourth-order valence-corrected chi connectivity index (χ4v) is 3.37. The maximum atomic E-state index is 6.17. The van der Waals surface area contributed by atoms with Crippen LogP contribution in [0.15, 0.2) is 42.5 Å². The monoisotopic (exact) mass is 283 g/mol. The van der Waals surface area contributed by atoms with E-state index in [9.17, 15) is 0 Å². The molecule has 0 bridgehead atoms. The van der Waals surface area contributed by atoms with Gasteiger partial charge in [-0.2, -0.15) is 0 Å². The van der Waals surface area contributed by atoms with E-state index in [0.29, 0.717) is 6.54 Å². The molecule has 0 aliphatic carbocycles. The third-order valence-corrected chi connectivity index (χ3v) is 4.77. The number of nitrogens with two attached hydrogens (primary N) is 1. The standard InChI is InChI=1S/C18H25N3/c1-18(14-19,21-11-9-20-10-12-21)13-16-7-4-6-15-5-2-3-8-17(15)16/h2-8,20H,9-14,19H2,1H3. The van der Waals surface area contributed by atoms with E-state index < -0.39 is 0 Å². The highest BCUT2D eigenvalue weighted by Gasteiger charge is 2.31. The molecule has 1 unspecified atom stereocenters. The van der Waals surface area contributed by atoms with Gasteiger partial charge in [0.15, 0.2) is 0 Å². The quantitative estimate of drug-likeness (QED) is 0.902. The van der Waals surface area contributed by atoms with E-state index >= 15 is 0 Å². The van der Waals surface area contributed by atoms with Gasteiger partial charge >= 0.3 is 0 Å². The summed E-state index contributed by atoms with van der Waals surface area (Å²) in [5.74, 6) is 0. The molecular weight excluding hydrogens is 258 g/mol. The smallest absolute Gasteiger partial charge is 0.0345 e. The normalized spacial score (nSPS) is 19.5. The first kappa shape index (κ1) is 14.5. The Morgan fingerprint density at radius 3 is 2.57 bits per heavy atom. The summed E-state index contributed by atoms with van der Waals surface area (Å²) in [6.07, 6.45) is 1.00. The number of hydrogen-bond acceptors (Lipinski definition) is 3. The van der Waals surface area contributed by atoms with Gasteiger partial charge in [-0.3, -0.25) is 4.90 Å². The molecule has 1 fully saturated rings. The molecule has 3 heteroatoms. The zero-order valence-electron chi connectivity index (χ0n) is 12.8. The molecule has 0 aromatic heterocycles. The molecule has 3 rings (SSSR count). The van der Waals surface area contributed by atoms with Gasteiger partial charge in [-0.1, -0.05) is 42.5 Å². The van der Waals surface area contributed by atoms with Crippen LogP contribution in [0.1, 0.15) is 12.5 Å². The predicted octanol–water partition coefficient (Wildman–Crippen LogP) is 2.00. The number of fused-ring (bicyclic) bond motifs is 1. The van der Waals surface area contributed by atoms with Crippen LogP contribution in [0.25, 0.3) is 10.8 Å². The highest BCUT2D eigenvalue weighted by Crippen LogP contribution is 2.26. The SMILES string of the molecule is CC(CN)(Cc1cccc2ccccc12)N1CCNCC1. The lowest BCUT2D eigenvalue weighted by molar-refractivity contribution is 0.0949. The minimum absolute atomic E-state index is 0.0340. The summed E-state index contributed by atoms with van der Waals surface area (Å²) in [5.41, 5.74) is 7.60. The van der Waals surface area contributed by atoms with Gasteiger partial charge in [-0.25, -0.2) is 0 Å². The van der Waals surface area contributed by atoms with E-state index in [-0.39, 0.29) is 5.54 Å². The zero-order valence-corrected chi connectivity index (χ0v) is 12.8. The molecule has 0 radical (unpaired) electrons. The largest absolute Gasteiger partial charge is 0.329 e. The van der Waals surface area contributed by atoms with E-state index in [1.165, 1.54) is 16.3 Å². The summed E-state index contributed by atoms with van der Waals surface area (Å²) < 4.78 is 0. The van der Waals surface area contributed by atoms with Crippen molar-refractivity contribution < 1.29 is 0 Å². The third-order valence-electron chi connectivity index (χ3n) is 4.77. The maximum absolute atomic E-state index is 6.17. The van der Waals surface area contributed by atoms with Gasteiger partial charge in [0, 0.05) is 38.3 Å². The Morgan fingerprint density at radius 2 is 1.81 bits per heavy atom. The molecule has 2 aromatic carbocycles. The topological polar surface area (TPSA) is 41.3 Å². The molecule has 1 heterocycles. The molecule has 1 saturated heterocycles. The minimum Gasteiger partial charge on any atom is -0.329 e. The Balaban J connectivity index is 1.91. The van der Waals surface area contributed by atoms with Crippen LogP contribution in [0, 0.1) is 0 Å². The maximum Gasteiger partial charge on any atom is 0.0345 e. The summed E-state index contributed by atoms with van der Waals surface area (Å²) >= 11 is 0. The van der Waals surface area contributed by atoms with Crippen LogP contribution in [0.2, 0.25) is 0 Å². The van der Waals surface area contributed by atoms with Crippen LogP contribution in [0.3, 0.4) is 0 Å². The van der Waals surface area contributed by atoms with Gasteiger partial charge in [0.2, 0.25) is 0 Å². The lowest BCUT2D eigenvalue weighted by Crippen LogP contribution is -2.59. The van der Waals surface area contributed by atoms with Crippen LogP contribution in [0.4, 0.5) is 0 Å². The second kappa shape index (κ2) is 6.14. The Hall–Kier alpha value is -1.42. The fraction of sp³-hybridized carbons (Fsp3) is 0.444. The van der Waals surface area contributed by atoms with Gasteiger partial charge in [0.1, 0.15) is 0 Å². The van der Waals surface area contributed by atoms with E-state index in [4.69, 9.17) is 5.73 Å². The van der Waals surface area contributed by atoms with E-state index in [1.807, 2.05) is 0 Å². The van der Waals surface area contributed by atoms with Crippen LogP contribution in [0.5, 0.6) is 0 Å². The van der Waals surface area contributed by atoms with Crippen molar-refractivity contribution in [2.24, 2.45) is 5.73 Å². The van der Waals surface area contributed by atoms with Crippen molar-refractivity contribution in [3.63, 3.8) is 0 Å². The molecule has 2 aromatic rings. The number of hydrogen-bond donors (Lipinski definition) is 2. The Morgan fingerprint density at radius 1 is 1.10 bits per heavy atom. The summed E-state index contributed by atoms with van der Waals surface area (Å²) in [5, 5.41) is 6.09. The van der Waals surface area contributed by atoms with Gasteiger partial charge < -0.3 is 11.1 Å². The number of piperazine rings is 1. The van der Waals surface area contributed by atoms with Crippen molar-refractivity contribution in [3.8, 4) is 0 Å². The highest BCUT2D eigenvalue weighted by atomic mass is 15.2. The van der Waals surface area contributed by atoms with Crippen molar-refractivity contribution in [3.05, 3.63) is 48.0 Å². The molecule has 0 saturated carbocycles. The molecule has 21 heavy (non-hydrogen) atoms. The molecular formula is C18H25N3. The van der Waals surface area contributed by atoms with Crippen molar-refractivity contribution in [1.82, 2.24) is 10.2 Å². The summed E-state index contributed by atoms with van der Waals surface area (Å²) in [4.78, 5) is 2.55. The second-order valence-corrected chi connectivity index (χ2v) is 6.25. The molecule has 112 valence electrons. The second-order valence-electron chi connectivity index (χ2n) is 6.25. The first-order valence-electron chi connectivity index (χ1n) is 7.85. The van der Waals surface area contributed by atoms with E-state index in [0.717, 1.165) is 32.6 Å².